The third-order valence-corrected chi connectivity index (χ3v) is 4.14. The molecule has 2 aliphatic carbocycles. The molecule has 0 spiro atoms. The first-order valence-electron chi connectivity index (χ1n) is 6.04. The Labute approximate surface area is 110 Å². The molecule has 4 nitrogen and oxygen atoms in total. The highest BCUT2D eigenvalue weighted by atomic mass is 19.4. The Morgan fingerprint density at radius 1 is 1.05 bits per heavy atom. The first-order chi connectivity index (χ1) is 9.05. The minimum Gasteiger partial charge on any atom is -0.481 e. The first-order valence-corrected chi connectivity index (χ1v) is 6.04. The molecule has 0 aromatic rings. The molecule has 4 atom stereocenters. The SMILES string of the molecule is O=C(O)C1C2CCC(C2)C1NC(=O)C(F)(F)C(F)(F)F. The lowest BCUT2D eigenvalue weighted by Crippen LogP contribution is -2.56. The van der Waals surface area contributed by atoms with Gasteiger partial charge in [-0.15, -0.1) is 0 Å². The zero-order chi connectivity index (χ0) is 15.3. The van der Waals surface area contributed by atoms with E-state index >= 15 is 0 Å². The summed E-state index contributed by atoms with van der Waals surface area (Å²) >= 11 is 0. The molecule has 1 amide bonds. The Morgan fingerprint density at radius 3 is 2.10 bits per heavy atom. The standard InChI is InChI=1S/C11H12F5NO3/c12-10(13,11(14,15)16)9(20)17-7-5-2-1-4(3-5)6(7)8(18)19/h4-7H,1-3H2,(H,17,20)(H,18,19). The van der Waals surface area contributed by atoms with Crippen LogP contribution in [0.2, 0.25) is 0 Å². The number of amides is 1. The van der Waals surface area contributed by atoms with E-state index in [0.717, 1.165) is 0 Å². The van der Waals surface area contributed by atoms with Crippen molar-refractivity contribution in [2.45, 2.75) is 37.4 Å². The van der Waals surface area contributed by atoms with Crippen LogP contribution in [0.3, 0.4) is 0 Å². The topological polar surface area (TPSA) is 66.4 Å². The number of nitrogens with one attached hydrogen (secondary N) is 1. The van der Waals surface area contributed by atoms with Crippen molar-refractivity contribution in [2.75, 3.05) is 0 Å². The summed E-state index contributed by atoms with van der Waals surface area (Å²) < 4.78 is 61.9. The Bertz CT molecular complexity index is 436. The molecule has 4 unspecified atom stereocenters. The third-order valence-electron chi connectivity index (χ3n) is 4.14. The number of carboxylic acid groups (broad SMARTS) is 1. The maximum atomic E-state index is 12.9. The molecule has 114 valence electrons. The smallest absolute Gasteiger partial charge is 0.463 e. The number of carboxylic acids is 1. The van der Waals surface area contributed by atoms with E-state index in [0.29, 0.717) is 19.3 Å². The Morgan fingerprint density at radius 2 is 1.60 bits per heavy atom. The summed E-state index contributed by atoms with van der Waals surface area (Å²) in [5.41, 5.74) is 0. The normalized spacial score (nSPS) is 33.2. The fourth-order valence-electron chi connectivity index (χ4n) is 3.23. The van der Waals surface area contributed by atoms with Crippen molar-refractivity contribution in [2.24, 2.45) is 17.8 Å². The molecule has 20 heavy (non-hydrogen) atoms. The van der Waals surface area contributed by atoms with E-state index in [-0.39, 0.29) is 11.8 Å². The van der Waals surface area contributed by atoms with Crippen LogP contribution < -0.4 is 5.32 Å². The second-order valence-corrected chi connectivity index (χ2v) is 5.27. The van der Waals surface area contributed by atoms with Gasteiger partial charge in [-0.3, -0.25) is 9.59 Å². The zero-order valence-corrected chi connectivity index (χ0v) is 10.1. The molecule has 0 radical (unpaired) electrons. The van der Waals surface area contributed by atoms with E-state index in [1.807, 2.05) is 0 Å². The second-order valence-electron chi connectivity index (χ2n) is 5.27. The van der Waals surface area contributed by atoms with Gasteiger partial charge in [0, 0.05) is 6.04 Å². The molecule has 2 saturated carbocycles. The van der Waals surface area contributed by atoms with E-state index in [2.05, 4.69) is 0 Å². The summed E-state index contributed by atoms with van der Waals surface area (Å²) in [6.07, 6.45) is -4.45. The van der Waals surface area contributed by atoms with E-state index in [4.69, 9.17) is 5.11 Å². The summed E-state index contributed by atoms with van der Waals surface area (Å²) in [7, 11) is 0. The van der Waals surface area contributed by atoms with Gasteiger partial charge < -0.3 is 10.4 Å². The summed E-state index contributed by atoms with van der Waals surface area (Å²) in [6.45, 7) is 0. The molecule has 2 fully saturated rings. The van der Waals surface area contributed by atoms with Gasteiger partial charge in [0.25, 0.3) is 0 Å². The quantitative estimate of drug-likeness (QED) is 0.781. The van der Waals surface area contributed by atoms with Crippen LogP contribution in [0.15, 0.2) is 0 Å². The number of rotatable bonds is 3. The summed E-state index contributed by atoms with van der Waals surface area (Å²) in [5.74, 6) is -11.0. The van der Waals surface area contributed by atoms with E-state index in [1.54, 1.807) is 5.32 Å². The Balaban J connectivity index is 2.13. The minimum absolute atomic E-state index is 0.276. The van der Waals surface area contributed by atoms with Crippen molar-refractivity contribution in [1.29, 1.82) is 0 Å². The predicted molar refractivity (Wildman–Crippen MR) is 54.9 cm³/mol. The molecule has 9 heteroatoms. The van der Waals surface area contributed by atoms with Crippen LogP contribution in [0.5, 0.6) is 0 Å². The highest BCUT2D eigenvalue weighted by Crippen LogP contribution is 2.49. The maximum absolute atomic E-state index is 12.9. The van der Waals surface area contributed by atoms with Crippen molar-refractivity contribution < 1.29 is 36.6 Å². The largest absolute Gasteiger partial charge is 0.481 e. The van der Waals surface area contributed by atoms with E-state index < -0.39 is 35.9 Å². The van der Waals surface area contributed by atoms with Crippen molar-refractivity contribution >= 4 is 11.9 Å². The van der Waals surface area contributed by atoms with Crippen LogP contribution >= 0.6 is 0 Å². The number of carbonyl (C=O) groups excluding carboxylic acids is 1. The van der Waals surface area contributed by atoms with Gasteiger partial charge in [-0.2, -0.15) is 22.0 Å². The van der Waals surface area contributed by atoms with Crippen molar-refractivity contribution in [1.82, 2.24) is 5.32 Å². The highest BCUT2D eigenvalue weighted by molar-refractivity contribution is 5.85. The van der Waals surface area contributed by atoms with E-state index in [9.17, 15) is 31.5 Å². The fraction of sp³-hybridized carbons (Fsp3) is 0.818. The molecular formula is C11H12F5NO3. The number of carbonyl (C=O) groups is 2. The third kappa shape index (κ3) is 2.22. The number of halogens is 5. The molecule has 0 aliphatic heterocycles. The van der Waals surface area contributed by atoms with Crippen molar-refractivity contribution in [3.63, 3.8) is 0 Å². The van der Waals surface area contributed by atoms with Crippen LogP contribution in [0.25, 0.3) is 0 Å². The number of aliphatic carboxylic acids is 1. The first kappa shape index (κ1) is 15.0. The lowest BCUT2D eigenvalue weighted by Gasteiger charge is -2.30. The average molecular weight is 301 g/mol. The molecule has 2 aliphatic rings. The van der Waals surface area contributed by atoms with Crippen molar-refractivity contribution in [3.05, 3.63) is 0 Å². The van der Waals surface area contributed by atoms with E-state index in [1.165, 1.54) is 0 Å². The summed E-state index contributed by atoms with van der Waals surface area (Å²) in [5, 5.41) is 10.6. The van der Waals surface area contributed by atoms with Gasteiger partial charge in [-0.05, 0) is 31.1 Å². The molecule has 0 saturated heterocycles. The fourth-order valence-corrected chi connectivity index (χ4v) is 3.23. The second kappa shape index (κ2) is 4.56. The summed E-state index contributed by atoms with van der Waals surface area (Å²) in [6, 6.07) is -1.16. The maximum Gasteiger partial charge on any atom is 0.463 e. The average Bonchev–Trinajstić information content (AvgIpc) is 2.87. The molecule has 0 aromatic carbocycles. The van der Waals surface area contributed by atoms with Crippen LogP contribution in [-0.4, -0.2) is 35.1 Å². The van der Waals surface area contributed by atoms with Gasteiger partial charge in [0.2, 0.25) is 0 Å². The molecule has 2 rings (SSSR count). The lowest BCUT2D eigenvalue weighted by molar-refractivity contribution is -0.270. The van der Waals surface area contributed by atoms with Crippen LogP contribution in [0.4, 0.5) is 22.0 Å². The minimum atomic E-state index is -5.99. The van der Waals surface area contributed by atoms with Gasteiger partial charge in [-0.25, -0.2) is 0 Å². The van der Waals surface area contributed by atoms with Crippen LogP contribution in [0.1, 0.15) is 19.3 Å². The molecule has 2 bridgehead atoms. The van der Waals surface area contributed by atoms with Crippen LogP contribution in [-0.2, 0) is 9.59 Å². The monoisotopic (exact) mass is 301 g/mol. The van der Waals surface area contributed by atoms with Gasteiger partial charge in [0.15, 0.2) is 0 Å². The summed E-state index contributed by atoms with van der Waals surface area (Å²) in [4.78, 5) is 22.2. The Hall–Kier alpha value is -1.41. The predicted octanol–water partition coefficient (Wildman–Crippen LogP) is 1.80. The molecule has 2 N–H and O–H groups in total. The number of alkyl halides is 5. The molecule has 0 heterocycles. The van der Waals surface area contributed by atoms with Gasteiger partial charge in [0.1, 0.15) is 0 Å². The van der Waals surface area contributed by atoms with Gasteiger partial charge in [-0.1, -0.05) is 0 Å². The van der Waals surface area contributed by atoms with Gasteiger partial charge >= 0.3 is 24.0 Å². The van der Waals surface area contributed by atoms with Crippen molar-refractivity contribution in [3.8, 4) is 0 Å². The molecule has 0 aromatic heterocycles. The van der Waals surface area contributed by atoms with Crippen LogP contribution in [0, 0.1) is 17.8 Å². The molecular weight excluding hydrogens is 289 g/mol. The lowest BCUT2D eigenvalue weighted by atomic mass is 9.84. The Kier molecular flexibility index (Phi) is 3.42. The van der Waals surface area contributed by atoms with Gasteiger partial charge in [0.05, 0.1) is 5.92 Å². The highest BCUT2D eigenvalue weighted by Gasteiger charge is 2.64. The number of hydrogen-bond acceptors (Lipinski definition) is 2. The number of hydrogen-bond donors (Lipinski definition) is 2. The number of fused-ring (bicyclic) bond motifs is 2. The zero-order valence-electron chi connectivity index (χ0n) is 10.1.